The van der Waals surface area contributed by atoms with E-state index in [1.165, 1.54) is 31.2 Å². The maximum Gasteiger partial charge on any atom is 0.452 e. The maximum absolute atomic E-state index is 12.7. The standard InChI is InChI=1S/C14H23N3O5S2/c1-2-17(24(20,21)22,13-6-4-3-5-7-13)16-23(18,19)14-10-8-12(15)9-11-14/h8-11,13,16H,2-7,15H2,1H3/p+1. The maximum atomic E-state index is 12.7. The van der Waals surface area contributed by atoms with Gasteiger partial charge in [-0.3, -0.25) is 0 Å². The van der Waals surface area contributed by atoms with Crippen LogP contribution in [0.25, 0.3) is 0 Å². The normalized spacial score (nSPS) is 19.8. The Morgan fingerprint density at radius 1 is 1.12 bits per heavy atom. The molecule has 0 spiro atoms. The van der Waals surface area contributed by atoms with E-state index in [1.54, 1.807) is 0 Å². The molecule has 4 N–H and O–H groups in total. The summed E-state index contributed by atoms with van der Waals surface area (Å²) in [5, 5.41) is 0. The average molecular weight is 378 g/mol. The molecule has 1 unspecified atom stereocenters. The molecule has 0 aliphatic heterocycles. The lowest BCUT2D eigenvalue weighted by atomic mass is 9.95. The van der Waals surface area contributed by atoms with E-state index >= 15 is 0 Å². The summed E-state index contributed by atoms with van der Waals surface area (Å²) in [4.78, 5) is 2.13. The van der Waals surface area contributed by atoms with Crippen LogP contribution in [0.1, 0.15) is 39.0 Å². The van der Waals surface area contributed by atoms with Crippen molar-refractivity contribution in [2.75, 3.05) is 12.3 Å². The number of anilines is 1. The van der Waals surface area contributed by atoms with Crippen LogP contribution in [0.15, 0.2) is 29.2 Å². The Hall–Kier alpha value is -1.20. The van der Waals surface area contributed by atoms with Gasteiger partial charge in [-0.2, -0.15) is 0 Å². The Bertz CT molecular complexity index is 771. The molecular weight excluding hydrogens is 354 g/mol. The molecule has 1 aromatic rings. The summed E-state index contributed by atoms with van der Waals surface area (Å²) in [6.45, 7) is 1.42. The van der Waals surface area contributed by atoms with Gasteiger partial charge in [0.2, 0.25) is 0 Å². The minimum atomic E-state index is -4.70. The number of hydrogen-bond donors (Lipinski definition) is 3. The Balaban J connectivity index is 2.46. The zero-order valence-electron chi connectivity index (χ0n) is 13.6. The molecule has 1 atom stereocenters. The minimum Gasteiger partial charge on any atom is -0.399 e. The lowest BCUT2D eigenvalue weighted by Crippen LogP contribution is -2.68. The van der Waals surface area contributed by atoms with Gasteiger partial charge in [-0.15, -0.1) is 12.4 Å². The molecule has 0 heterocycles. The summed E-state index contributed by atoms with van der Waals surface area (Å²) in [6, 6.07) is 4.91. The fraction of sp³-hybridized carbons (Fsp3) is 0.571. The molecule has 0 amide bonds. The van der Waals surface area contributed by atoms with Crippen LogP contribution in [-0.2, 0) is 20.3 Å². The molecule has 8 nitrogen and oxygen atoms in total. The second kappa shape index (κ2) is 6.96. The molecular formula is C14H24N3O5S2+. The van der Waals surface area contributed by atoms with Crippen molar-refractivity contribution in [3.05, 3.63) is 24.3 Å². The summed E-state index contributed by atoms with van der Waals surface area (Å²) < 4.78 is 58.3. The van der Waals surface area contributed by atoms with Crippen molar-refractivity contribution in [3.63, 3.8) is 0 Å². The first-order valence-corrected chi connectivity index (χ1v) is 10.8. The number of sulfonamides is 1. The zero-order valence-corrected chi connectivity index (χ0v) is 15.2. The largest absolute Gasteiger partial charge is 0.452 e. The van der Waals surface area contributed by atoms with Crippen LogP contribution in [0.5, 0.6) is 0 Å². The van der Waals surface area contributed by atoms with E-state index in [2.05, 4.69) is 4.83 Å². The second-order valence-corrected chi connectivity index (χ2v) is 9.22. The third kappa shape index (κ3) is 3.72. The Kier molecular flexibility index (Phi) is 5.55. The van der Waals surface area contributed by atoms with Gasteiger partial charge in [-0.05, 0) is 48.9 Å². The molecule has 0 bridgehead atoms. The fourth-order valence-electron chi connectivity index (χ4n) is 3.20. The number of nitrogen functional groups attached to an aromatic ring is 1. The van der Waals surface area contributed by atoms with Crippen LogP contribution in [0.2, 0.25) is 0 Å². The van der Waals surface area contributed by atoms with Crippen molar-refractivity contribution in [2.45, 2.75) is 50.0 Å². The monoisotopic (exact) mass is 378 g/mol. The highest BCUT2D eigenvalue weighted by molar-refractivity contribution is 7.90. The van der Waals surface area contributed by atoms with E-state index in [4.69, 9.17) is 5.73 Å². The number of quaternary nitrogens is 1. The number of hydrogen-bond acceptors (Lipinski definition) is 5. The molecule has 1 aliphatic carbocycles. The second-order valence-electron chi connectivity index (χ2n) is 6.02. The number of rotatable bonds is 6. The van der Waals surface area contributed by atoms with E-state index in [9.17, 15) is 21.4 Å². The van der Waals surface area contributed by atoms with Gasteiger partial charge < -0.3 is 5.73 Å². The average Bonchev–Trinajstić information content (AvgIpc) is 2.52. The van der Waals surface area contributed by atoms with Gasteiger partial charge in [0.15, 0.2) is 0 Å². The topological polar surface area (TPSA) is 127 Å². The van der Waals surface area contributed by atoms with Crippen molar-refractivity contribution >= 4 is 26.0 Å². The van der Waals surface area contributed by atoms with Crippen molar-refractivity contribution < 1.29 is 25.4 Å². The first-order chi connectivity index (χ1) is 11.1. The Morgan fingerprint density at radius 3 is 2.12 bits per heavy atom. The van der Waals surface area contributed by atoms with Gasteiger partial charge in [0, 0.05) is 18.5 Å². The highest BCUT2D eigenvalue weighted by atomic mass is 32.2. The Labute approximate surface area is 143 Å². The van der Waals surface area contributed by atoms with E-state index in [1.807, 2.05) is 0 Å². The van der Waals surface area contributed by atoms with Crippen molar-refractivity contribution in [1.82, 2.24) is 4.83 Å². The van der Waals surface area contributed by atoms with Gasteiger partial charge in [-0.1, -0.05) is 6.42 Å². The highest BCUT2D eigenvalue weighted by Gasteiger charge is 2.51. The summed E-state index contributed by atoms with van der Waals surface area (Å²) in [7, 11) is -8.85. The number of nitrogens with two attached hydrogens (primary N) is 1. The lowest BCUT2D eigenvalue weighted by molar-refractivity contribution is -0.867. The highest BCUT2D eigenvalue weighted by Crippen LogP contribution is 2.30. The van der Waals surface area contributed by atoms with Crippen molar-refractivity contribution in [2.24, 2.45) is 0 Å². The van der Waals surface area contributed by atoms with Crippen LogP contribution >= 0.6 is 0 Å². The summed E-state index contributed by atoms with van der Waals surface area (Å²) >= 11 is 0. The number of nitrogens with one attached hydrogen (secondary N) is 1. The zero-order chi connectivity index (χ0) is 18.0. The van der Waals surface area contributed by atoms with Gasteiger partial charge in [-0.25, -0.2) is 13.0 Å². The third-order valence-corrected chi connectivity index (χ3v) is 7.56. The molecule has 0 saturated heterocycles. The minimum absolute atomic E-state index is 0.105. The number of nitrogens with zero attached hydrogens (tertiary/aromatic N) is 1. The van der Waals surface area contributed by atoms with Crippen LogP contribution in [0, 0.1) is 0 Å². The third-order valence-electron chi connectivity index (χ3n) is 4.51. The van der Waals surface area contributed by atoms with E-state index < -0.39 is 30.4 Å². The molecule has 1 saturated carbocycles. The summed E-state index contributed by atoms with van der Waals surface area (Å²) in [5.74, 6) is 0. The summed E-state index contributed by atoms with van der Waals surface area (Å²) in [5.41, 5.74) is 5.95. The molecule has 1 fully saturated rings. The Morgan fingerprint density at radius 2 is 1.67 bits per heavy atom. The molecule has 0 radical (unpaired) electrons. The molecule has 0 aromatic heterocycles. The van der Waals surface area contributed by atoms with Gasteiger partial charge in [0.25, 0.3) is 10.0 Å². The van der Waals surface area contributed by atoms with Crippen LogP contribution in [0.3, 0.4) is 0 Å². The van der Waals surface area contributed by atoms with E-state index in [0.717, 1.165) is 19.3 Å². The predicted molar refractivity (Wildman–Crippen MR) is 90.4 cm³/mol. The molecule has 24 heavy (non-hydrogen) atoms. The van der Waals surface area contributed by atoms with Gasteiger partial charge in [0.05, 0.1) is 4.90 Å². The number of benzene rings is 1. The van der Waals surface area contributed by atoms with Crippen LogP contribution < -0.4 is 10.6 Å². The predicted octanol–water partition coefficient (Wildman–Crippen LogP) is 1.43. The lowest BCUT2D eigenvalue weighted by Gasteiger charge is -2.39. The molecule has 10 heteroatoms. The van der Waals surface area contributed by atoms with Crippen molar-refractivity contribution in [1.29, 1.82) is 0 Å². The van der Waals surface area contributed by atoms with E-state index in [0.29, 0.717) is 18.5 Å². The smallest absolute Gasteiger partial charge is 0.399 e. The van der Waals surface area contributed by atoms with Crippen molar-refractivity contribution in [3.8, 4) is 0 Å². The molecule has 1 aliphatic rings. The quantitative estimate of drug-likeness (QED) is 0.297. The molecule has 1 aromatic carbocycles. The van der Waals surface area contributed by atoms with Crippen LogP contribution in [0.4, 0.5) is 5.69 Å². The molecule has 136 valence electrons. The SMILES string of the molecule is CC[N+](NS(=O)(=O)c1ccc(N)cc1)(C1CCCCC1)S(=O)(=O)O. The summed E-state index contributed by atoms with van der Waals surface area (Å²) in [6.07, 6.45) is 3.61. The van der Waals surface area contributed by atoms with E-state index in [-0.39, 0.29) is 11.4 Å². The fourth-order valence-corrected chi connectivity index (χ4v) is 6.07. The first kappa shape index (κ1) is 19.1. The first-order valence-electron chi connectivity index (χ1n) is 7.87. The molecule has 2 rings (SSSR count). The van der Waals surface area contributed by atoms with Gasteiger partial charge >= 0.3 is 10.3 Å². The van der Waals surface area contributed by atoms with Crippen LogP contribution in [-0.4, -0.2) is 38.0 Å². The van der Waals surface area contributed by atoms with Gasteiger partial charge in [0.1, 0.15) is 12.6 Å².